The van der Waals surface area contributed by atoms with Gasteiger partial charge in [-0.3, -0.25) is 4.79 Å². The number of nitrogens with zero attached hydrogens (tertiary/aromatic N) is 1. The summed E-state index contributed by atoms with van der Waals surface area (Å²) >= 11 is 0. The van der Waals surface area contributed by atoms with Crippen molar-refractivity contribution in [3.63, 3.8) is 0 Å². The SMILES string of the molecule is COc1cc(/C=N/NC(=O)COc2ccc(F)cc2)cc(OC)c1OC. The first kappa shape index (κ1) is 19.0. The van der Waals surface area contributed by atoms with E-state index in [9.17, 15) is 9.18 Å². The van der Waals surface area contributed by atoms with E-state index in [1.54, 1.807) is 12.1 Å². The summed E-state index contributed by atoms with van der Waals surface area (Å²) < 4.78 is 33.7. The molecule has 1 N–H and O–H groups in total. The van der Waals surface area contributed by atoms with Crippen LogP contribution in [0.5, 0.6) is 23.0 Å². The van der Waals surface area contributed by atoms with Crippen LogP contribution < -0.4 is 24.4 Å². The van der Waals surface area contributed by atoms with Crippen LogP contribution in [-0.4, -0.2) is 40.1 Å². The Hall–Kier alpha value is -3.29. The molecule has 0 fully saturated rings. The highest BCUT2D eigenvalue weighted by atomic mass is 19.1. The van der Waals surface area contributed by atoms with Crippen LogP contribution in [0.15, 0.2) is 41.5 Å². The van der Waals surface area contributed by atoms with Crippen molar-refractivity contribution in [3.05, 3.63) is 47.8 Å². The number of hydrazone groups is 1. The first-order chi connectivity index (χ1) is 12.6. The van der Waals surface area contributed by atoms with Gasteiger partial charge in [-0.25, -0.2) is 9.82 Å². The Kier molecular flexibility index (Phi) is 6.78. The third-order valence-corrected chi connectivity index (χ3v) is 3.27. The molecule has 0 atom stereocenters. The fourth-order valence-corrected chi connectivity index (χ4v) is 2.07. The first-order valence-corrected chi connectivity index (χ1v) is 7.57. The lowest BCUT2D eigenvalue weighted by molar-refractivity contribution is -0.123. The van der Waals surface area contributed by atoms with Crippen LogP contribution in [0.3, 0.4) is 0 Å². The summed E-state index contributed by atoms with van der Waals surface area (Å²) in [6.45, 7) is -0.252. The van der Waals surface area contributed by atoms with Gasteiger partial charge in [0.1, 0.15) is 11.6 Å². The Morgan fingerprint density at radius 3 is 2.23 bits per heavy atom. The van der Waals surface area contributed by atoms with Crippen LogP contribution in [0, 0.1) is 5.82 Å². The zero-order valence-electron chi connectivity index (χ0n) is 14.6. The predicted molar refractivity (Wildman–Crippen MR) is 93.7 cm³/mol. The summed E-state index contributed by atoms with van der Waals surface area (Å²) in [5.41, 5.74) is 2.97. The number of carbonyl (C=O) groups excluding carboxylic acids is 1. The van der Waals surface area contributed by atoms with Gasteiger partial charge >= 0.3 is 0 Å². The molecule has 0 unspecified atom stereocenters. The Labute approximate surface area is 150 Å². The zero-order valence-corrected chi connectivity index (χ0v) is 14.6. The van der Waals surface area contributed by atoms with E-state index in [1.807, 2.05) is 0 Å². The van der Waals surface area contributed by atoms with E-state index in [2.05, 4.69) is 10.5 Å². The molecule has 0 saturated heterocycles. The van der Waals surface area contributed by atoms with Gasteiger partial charge in [0, 0.05) is 5.56 Å². The molecule has 0 aliphatic heterocycles. The number of carbonyl (C=O) groups is 1. The van der Waals surface area contributed by atoms with E-state index in [-0.39, 0.29) is 12.4 Å². The molecule has 0 saturated carbocycles. The Bertz CT molecular complexity index is 753. The lowest BCUT2D eigenvalue weighted by Crippen LogP contribution is -2.24. The molecule has 0 heterocycles. The fourth-order valence-electron chi connectivity index (χ4n) is 2.07. The lowest BCUT2D eigenvalue weighted by Gasteiger charge is -2.12. The van der Waals surface area contributed by atoms with E-state index >= 15 is 0 Å². The van der Waals surface area contributed by atoms with Gasteiger partial charge < -0.3 is 18.9 Å². The smallest absolute Gasteiger partial charge is 0.277 e. The molecule has 8 heteroatoms. The largest absolute Gasteiger partial charge is 0.493 e. The molecule has 2 rings (SSSR count). The lowest BCUT2D eigenvalue weighted by atomic mass is 10.2. The minimum absolute atomic E-state index is 0.252. The van der Waals surface area contributed by atoms with E-state index in [0.29, 0.717) is 28.6 Å². The third kappa shape index (κ3) is 5.10. The normalized spacial score (nSPS) is 10.5. The van der Waals surface area contributed by atoms with Gasteiger partial charge in [-0.15, -0.1) is 0 Å². The second-order valence-electron chi connectivity index (χ2n) is 4.99. The number of hydrogen-bond donors (Lipinski definition) is 1. The van der Waals surface area contributed by atoms with Crippen LogP contribution in [0.25, 0.3) is 0 Å². The zero-order chi connectivity index (χ0) is 18.9. The number of benzene rings is 2. The predicted octanol–water partition coefficient (Wildman–Crippen LogP) is 2.38. The van der Waals surface area contributed by atoms with Crippen molar-refractivity contribution >= 4 is 12.1 Å². The number of methoxy groups -OCH3 is 3. The van der Waals surface area contributed by atoms with Gasteiger partial charge in [0.25, 0.3) is 5.91 Å². The van der Waals surface area contributed by atoms with Crippen LogP contribution in [0.4, 0.5) is 4.39 Å². The summed E-state index contributed by atoms with van der Waals surface area (Å²) in [5, 5.41) is 3.86. The summed E-state index contributed by atoms with van der Waals surface area (Å²) in [6, 6.07) is 8.73. The van der Waals surface area contributed by atoms with Gasteiger partial charge in [-0.1, -0.05) is 0 Å². The maximum Gasteiger partial charge on any atom is 0.277 e. The molecule has 0 aliphatic carbocycles. The summed E-state index contributed by atoms with van der Waals surface area (Å²) in [7, 11) is 4.52. The van der Waals surface area contributed by atoms with E-state index in [1.165, 1.54) is 51.8 Å². The first-order valence-electron chi connectivity index (χ1n) is 7.57. The number of halogens is 1. The molecule has 138 valence electrons. The number of hydrogen-bond acceptors (Lipinski definition) is 6. The van der Waals surface area contributed by atoms with Crippen molar-refractivity contribution in [2.75, 3.05) is 27.9 Å². The van der Waals surface area contributed by atoms with Crippen molar-refractivity contribution in [2.24, 2.45) is 5.10 Å². The van der Waals surface area contributed by atoms with Gasteiger partial charge in [0.05, 0.1) is 27.5 Å². The maximum absolute atomic E-state index is 12.8. The molecular weight excluding hydrogens is 343 g/mol. The Morgan fingerprint density at radius 1 is 1.08 bits per heavy atom. The van der Waals surface area contributed by atoms with Crippen LogP contribution in [0.2, 0.25) is 0 Å². The van der Waals surface area contributed by atoms with E-state index in [4.69, 9.17) is 18.9 Å². The fraction of sp³-hybridized carbons (Fsp3) is 0.222. The molecule has 0 spiro atoms. The quantitative estimate of drug-likeness (QED) is 0.576. The highest BCUT2D eigenvalue weighted by molar-refractivity contribution is 5.84. The molecule has 2 aromatic rings. The molecule has 0 aliphatic rings. The molecule has 26 heavy (non-hydrogen) atoms. The molecule has 0 radical (unpaired) electrons. The molecule has 2 aromatic carbocycles. The Balaban J connectivity index is 1.94. The van der Waals surface area contributed by atoms with Gasteiger partial charge in [-0.2, -0.15) is 5.10 Å². The van der Waals surface area contributed by atoms with Gasteiger partial charge in [0.15, 0.2) is 18.1 Å². The van der Waals surface area contributed by atoms with E-state index < -0.39 is 5.91 Å². The van der Waals surface area contributed by atoms with Crippen molar-refractivity contribution in [1.82, 2.24) is 5.43 Å². The second-order valence-corrected chi connectivity index (χ2v) is 4.99. The summed E-state index contributed by atoms with van der Waals surface area (Å²) in [6.07, 6.45) is 1.43. The summed E-state index contributed by atoms with van der Waals surface area (Å²) in [4.78, 5) is 11.7. The van der Waals surface area contributed by atoms with Crippen LogP contribution in [-0.2, 0) is 4.79 Å². The molecular formula is C18H19FN2O5. The van der Waals surface area contributed by atoms with Crippen LogP contribution in [0.1, 0.15) is 5.56 Å². The number of ether oxygens (including phenoxy) is 4. The average Bonchev–Trinajstić information content (AvgIpc) is 2.66. The van der Waals surface area contributed by atoms with Gasteiger partial charge in [-0.05, 0) is 36.4 Å². The van der Waals surface area contributed by atoms with Crippen molar-refractivity contribution in [2.45, 2.75) is 0 Å². The van der Waals surface area contributed by atoms with E-state index in [0.717, 1.165) is 0 Å². The van der Waals surface area contributed by atoms with Gasteiger partial charge in [0.2, 0.25) is 5.75 Å². The monoisotopic (exact) mass is 362 g/mol. The second kappa shape index (κ2) is 9.26. The topological polar surface area (TPSA) is 78.4 Å². The van der Waals surface area contributed by atoms with Crippen molar-refractivity contribution in [1.29, 1.82) is 0 Å². The molecule has 0 aromatic heterocycles. The molecule has 0 bridgehead atoms. The summed E-state index contributed by atoms with van der Waals surface area (Å²) in [5.74, 6) is 0.951. The highest BCUT2D eigenvalue weighted by Crippen LogP contribution is 2.37. The van der Waals surface area contributed by atoms with Crippen molar-refractivity contribution < 1.29 is 28.1 Å². The van der Waals surface area contributed by atoms with Crippen LogP contribution >= 0.6 is 0 Å². The van der Waals surface area contributed by atoms with Crippen molar-refractivity contribution in [3.8, 4) is 23.0 Å². The number of nitrogens with one attached hydrogen (secondary N) is 1. The highest BCUT2D eigenvalue weighted by Gasteiger charge is 2.12. The maximum atomic E-state index is 12.8. The number of rotatable bonds is 8. The molecule has 1 amide bonds. The third-order valence-electron chi connectivity index (χ3n) is 3.27. The molecule has 7 nitrogen and oxygen atoms in total. The number of amides is 1. The average molecular weight is 362 g/mol. The minimum atomic E-state index is -0.460. The Morgan fingerprint density at radius 2 is 1.69 bits per heavy atom. The standard InChI is InChI=1S/C18H19FN2O5/c1-23-15-8-12(9-16(24-2)18(15)25-3)10-20-21-17(22)11-26-14-6-4-13(19)5-7-14/h4-10H,11H2,1-3H3,(H,21,22)/b20-10+. The minimum Gasteiger partial charge on any atom is -0.493 e.